The number of hydrogen-bond acceptors (Lipinski definition) is 3. The first-order chi connectivity index (χ1) is 7.06. The van der Waals surface area contributed by atoms with Crippen LogP contribution in [0.4, 0.5) is 4.79 Å². The van der Waals surface area contributed by atoms with Crippen molar-refractivity contribution >= 4 is 6.03 Å². The van der Waals surface area contributed by atoms with Gasteiger partial charge in [-0.3, -0.25) is 0 Å². The van der Waals surface area contributed by atoms with Gasteiger partial charge in [0.1, 0.15) is 0 Å². The molecule has 0 bridgehead atoms. The van der Waals surface area contributed by atoms with Gasteiger partial charge in [0.2, 0.25) is 0 Å². The van der Waals surface area contributed by atoms with E-state index < -0.39 is 0 Å². The molecule has 1 aliphatic rings. The summed E-state index contributed by atoms with van der Waals surface area (Å²) in [7, 11) is 3.90. The van der Waals surface area contributed by atoms with Crippen LogP contribution >= 0.6 is 0 Å². The summed E-state index contributed by atoms with van der Waals surface area (Å²) in [6.45, 7) is 6.02. The number of likely N-dealkylation sites (N-methyl/N-ethyl adjacent to an activating group) is 2. The van der Waals surface area contributed by atoms with Crippen LogP contribution in [0.1, 0.15) is 6.92 Å². The predicted molar refractivity (Wildman–Crippen MR) is 60.7 cm³/mol. The normalized spacial score (nSPS) is 20.1. The molecule has 0 aromatic rings. The molecule has 0 aromatic carbocycles. The molecule has 0 radical (unpaired) electrons. The fraction of sp³-hybridized carbons (Fsp3) is 0.900. The fourth-order valence-corrected chi connectivity index (χ4v) is 1.57. The number of nitrogens with zero attached hydrogens (tertiary/aromatic N) is 3. The highest BCUT2D eigenvalue weighted by Gasteiger charge is 2.23. The van der Waals surface area contributed by atoms with Crippen LogP contribution in [-0.2, 0) is 0 Å². The Bertz CT molecular complexity index is 213. The van der Waals surface area contributed by atoms with Crippen LogP contribution in [0, 0.1) is 0 Å². The number of carbonyl (C=O) groups excluding carboxylic acids is 1. The van der Waals surface area contributed by atoms with Gasteiger partial charge in [-0.15, -0.1) is 0 Å². The lowest BCUT2D eigenvalue weighted by atomic mass is 10.3. The van der Waals surface area contributed by atoms with Gasteiger partial charge in [-0.2, -0.15) is 0 Å². The molecule has 0 aliphatic carbocycles. The molecular formula is C10H22N4O. The number of amides is 2. The molecular weight excluding hydrogens is 192 g/mol. The van der Waals surface area contributed by atoms with Crippen LogP contribution in [0.5, 0.6) is 0 Å². The number of carbonyl (C=O) groups is 1. The zero-order valence-electron chi connectivity index (χ0n) is 9.94. The molecule has 0 aromatic heterocycles. The van der Waals surface area contributed by atoms with E-state index in [2.05, 4.69) is 11.9 Å². The molecule has 1 unspecified atom stereocenters. The Morgan fingerprint density at radius 1 is 1.40 bits per heavy atom. The fourth-order valence-electron chi connectivity index (χ4n) is 1.57. The number of urea groups is 1. The Kier molecular flexibility index (Phi) is 4.35. The second-order valence-electron chi connectivity index (χ2n) is 4.27. The minimum Gasteiger partial charge on any atom is -0.328 e. The van der Waals surface area contributed by atoms with E-state index in [-0.39, 0.29) is 12.1 Å². The Morgan fingerprint density at radius 3 is 2.40 bits per heavy atom. The van der Waals surface area contributed by atoms with E-state index in [1.807, 2.05) is 18.9 Å². The summed E-state index contributed by atoms with van der Waals surface area (Å²) in [5, 5.41) is 0. The maximum Gasteiger partial charge on any atom is 0.320 e. The van der Waals surface area contributed by atoms with Crippen molar-refractivity contribution < 1.29 is 4.79 Å². The number of hydrogen-bond donors (Lipinski definition) is 1. The molecule has 1 rings (SSSR count). The van der Waals surface area contributed by atoms with Gasteiger partial charge in [0.05, 0.1) is 0 Å². The molecule has 15 heavy (non-hydrogen) atoms. The summed E-state index contributed by atoms with van der Waals surface area (Å²) in [6.07, 6.45) is 0. The molecule has 1 atom stereocenters. The van der Waals surface area contributed by atoms with Crippen molar-refractivity contribution in [2.24, 2.45) is 5.73 Å². The van der Waals surface area contributed by atoms with E-state index in [1.54, 1.807) is 4.90 Å². The number of piperazine rings is 1. The van der Waals surface area contributed by atoms with Gasteiger partial charge in [-0.1, -0.05) is 0 Å². The maximum absolute atomic E-state index is 12.0. The van der Waals surface area contributed by atoms with Gasteiger partial charge in [-0.05, 0) is 14.0 Å². The van der Waals surface area contributed by atoms with Crippen LogP contribution in [0.2, 0.25) is 0 Å². The number of nitrogens with two attached hydrogens (primary N) is 1. The SMILES string of the molecule is CC(CN)N(C)C(=O)N1CCN(C)CC1. The summed E-state index contributed by atoms with van der Waals surface area (Å²) in [4.78, 5) is 17.8. The van der Waals surface area contributed by atoms with Crippen molar-refractivity contribution in [2.45, 2.75) is 13.0 Å². The van der Waals surface area contributed by atoms with Crippen molar-refractivity contribution in [1.82, 2.24) is 14.7 Å². The molecule has 1 saturated heterocycles. The predicted octanol–water partition coefficient (Wildman–Crippen LogP) is -0.367. The van der Waals surface area contributed by atoms with Crippen molar-refractivity contribution in [2.75, 3.05) is 46.8 Å². The average Bonchev–Trinajstić information content (AvgIpc) is 2.27. The number of rotatable bonds is 2. The van der Waals surface area contributed by atoms with E-state index in [4.69, 9.17) is 5.73 Å². The van der Waals surface area contributed by atoms with Gasteiger partial charge >= 0.3 is 6.03 Å². The topological polar surface area (TPSA) is 52.8 Å². The van der Waals surface area contributed by atoms with E-state index in [0.717, 1.165) is 26.2 Å². The minimum atomic E-state index is 0.0982. The van der Waals surface area contributed by atoms with E-state index in [0.29, 0.717) is 6.54 Å². The van der Waals surface area contributed by atoms with Gasteiger partial charge in [0.15, 0.2) is 0 Å². The monoisotopic (exact) mass is 214 g/mol. The molecule has 5 heteroatoms. The molecule has 1 fully saturated rings. The standard InChI is InChI=1S/C10H22N4O/c1-9(8-11)13(3)10(15)14-6-4-12(2)5-7-14/h9H,4-8,11H2,1-3H3. The Labute approximate surface area is 91.8 Å². The molecule has 1 aliphatic heterocycles. The molecule has 1 heterocycles. The highest BCUT2D eigenvalue weighted by Crippen LogP contribution is 2.05. The van der Waals surface area contributed by atoms with Gasteiger partial charge in [0.25, 0.3) is 0 Å². The Balaban J connectivity index is 2.46. The molecule has 2 amide bonds. The van der Waals surface area contributed by atoms with Crippen LogP contribution in [0.25, 0.3) is 0 Å². The van der Waals surface area contributed by atoms with Gasteiger partial charge in [-0.25, -0.2) is 4.79 Å². The van der Waals surface area contributed by atoms with Crippen LogP contribution in [-0.4, -0.2) is 73.6 Å². The molecule has 5 nitrogen and oxygen atoms in total. The van der Waals surface area contributed by atoms with E-state index in [9.17, 15) is 4.79 Å². The first-order valence-electron chi connectivity index (χ1n) is 5.46. The molecule has 0 spiro atoms. The third kappa shape index (κ3) is 3.07. The van der Waals surface area contributed by atoms with Crippen molar-refractivity contribution in [3.8, 4) is 0 Å². The largest absolute Gasteiger partial charge is 0.328 e. The third-order valence-corrected chi connectivity index (χ3v) is 3.08. The highest BCUT2D eigenvalue weighted by molar-refractivity contribution is 5.74. The van der Waals surface area contributed by atoms with Crippen molar-refractivity contribution in [3.05, 3.63) is 0 Å². The zero-order chi connectivity index (χ0) is 11.4. The smallest absolute Gasteiger partial charge is 0.320 e. The lowest BCUT2D eigenvalue weighted by Gasteiger charge is -2.36. The molecule has 0 saturated carbocycles. The van der Waals surface area contributed by atoms with Gasteiger partial charge in [0, 0.05) is 45.8 Å². The van der Waals surface area contributed by atoms with Crippen molar-refractivity contribution in [1.29, 1.82) is 0 Å². The molecule has 2 N–H and O–H groups in total. The summed E-state index contributed by atoms with van der Waals surface area (Å²) in [5.74, 6) is 0. The zero-order valence-corrected chi connectivity index (χ0v) is 9.94. The molecule has 88 valence electrons. The van der Waals surface area contributed by atoms with Crippen LogP contribution in [0.15, 0.2) is 0 Å². The van der Waals surface area contributed by atoms with E-state index >= 15 is 0 Å². The maximum atomic E-state index is 12.0. The lowest BCUT2D eigenvalue weighted by Crippen LogP contribution is -2.53. The third-order valence-electron chi connectivity index (χ3n) is 3.08. The van der Waals surface area contributed by atoms with Crippen molar-refractivity contribution in [3.63, 3.8) is 0 Å². The second kappa shape index (κ2) is 5.32. The minimum absolute atomic E-state index is 0.0982. The first kappa shape index (κ1) is 12.3. The first-order valence-corrected chi connectivity index (χ1v) is 5.46. The van der Waals surface area contributed by atoms with Crippen LogP contribution < -0.4 is 5.73 Å². The lowest BCUT2D eigenvalue weighted by molar-refractivity contribution is 0.121. The quantitative estimate of drug-likeness (QED) is 0.682. The van der Waals surface area contributed by atoms with Gasteiger partial charge < -0.3 is 20.4 Å². The van der Waals surface area contributed by atoms with Crippen LogP contribution in [0.3, 0.4) is 0 Å². The summed E-state index contributed by atoms with van der Waals surface area (Å²) in [6, 6.07) is 0.207. The Morgan fingerprint density at radius 2 is 1.93 bits per heavy atom. The average molecular weight is 214 g/mol. The summed E-state index contributed by atoms with van der Waals surface area (Å²) >= 11 is 0. The van der Waals surface area contributed by atoms with E-state index in [1.165, 1.54) is 0 Å². The Hall–Kier alpha value is -0.810. The summed E-state index contributed by atoms with van der Waals surface area (Å²) in [5.41, 5.74) is 5.54. The highest BCUT2D eigenvalue weighted by atomic mass is 16.2. The second-order valence-corrected chi connectivity index (χ2v) is 4.27. The summed E-state index contributed by atoms with van der Waals surface area (Å²) < 4.78 is 0.